The smallest absolute Gasteiger partial charge is 0.465 e. The van der Waals surface area contributed by atoms with Crippen molar-refractivity contribution in [2.24, 2.45) is 0 Å². The molecule has 0 unspecified atom stereocenters. The van der Waals surface area contributed by atoms with Crippen LogP contribution in [0.25, 0.3) is 0 Å². The zero-order chi connectivity index (χ0) is 15.6. The van der Waals surface area contributed by atoms with Crippen LogP contribution < -0.4 is 0 Å². The topological polar surface area (TPSA) is 152 Å². The summed E-state index contributed by atoms with van der Waals surface area (Å²) in [6.45, 7) is -0.745. The number of rotatable bonds is 5. The van der Waals surface area contributed by atoms with Crippen LogP contribution >= 0.6 is 7.82 Å². The first-order chi connectivity index (χ1) is 9.15. The molecule has 0 amide bonds. The van der Waals surface area contributed by atoms with Gasteiger partial charge in [-0.05, 0) is 0 Å². The Balaban J connectivity index is 2.88. The lowest BCUT2D eigenvalue weighted by Crippen LogP contribution is -2.60. The molecule has 0 radical (unpaired) electrons. The highest BCUT2D eigenvalue weighted by Gasteiger charge is 2.53. The van der Waals surface area contributed by atoms with E-state index in [2.05, 4.69) is 9.26 Å². The number of carbonyl (C=O) groups excluding carboxylic acids is 1. The molecule has 4 N–H and O–H groups in total. The summed E-state index contributed by atoms with van der Waals surface area (Å²) in [5, 5.41) is 19.4. The van der Waals surface area contributed by atoms with Crippen molar-refractivity contribution in [3.8, 4) is 0 Å². The maximum Gasteiger partial charge on any atom is 0.469 e. The largest absolute Gasteiger partial charge is 0.469 e. The van der Waals surface area contributed by atoms with Gasteiger partial charge in [-0.1, -0.05) is 0 Å². The van der Waals surface area contributed by atoms with Crippen molar-refractivity contribution >= 4 is 13.8 Å². The molecular weight excluding hydrogens is 299 g/mol. The molecule has 0 aliphatic carbocycles. The highest BCUT2D eigenvalue weighted by molar-refractivity contribution is 7.46. The molecule has 1 saturated heterocycles. The summed E-state index contributed by atoms with van der Waals surface area (Å²) in [4.78, 5) is 28.9. The summed E-state index contributed by atoms with van der Waals surface area (Å²) >= 11 is 0. The van der Waals surface area contributed by atoms with E-state index in [4.69, 9.17) is 19.3 Å². The van der Waals surface area contributed by atoms with Gasteiger partial charge in [0.2, 0.25) is 0 Å². The number of esters is 1. The van der Waals surface area contributed by atoms with E-state index in [-0.39, 0.29) is 0 Å². The van der Waals surface area contributed by atoms with Crippen LogP contribution in [0.15, 0.2) is 0 Å². The fraction of sp³-hybridized carbons (Fsp3) is 0.889. The van der Waals surface area contributed by atoms with Crippen LogP contribution in [-0.4, -0.2) is 70.9 Å². The maximum atomic E-state index is 11.7. The van der Waals surface area contributed by atoms with E-state index in [1.807, 2.05) is 0 Å². The van der Waals surface area contributed by atoms with Gasteiger partial charge >= 0.3 is 13.8 Å². The Labute approximate surface area is 114 Å². The maximum absolute atomic E-state index is 11.7. The molecule has 1 aliphatic heterocycles. The zero-order valence-corrected chi connectivity index (χ0v) is 11.7. The van der Waals surface area contributed by atoms with Crippen molar-refractivity contribution in [2.75, 3.05) is 20.8 Å². The Hall–Kier alpha value is -0.580. The van der Waals surface area contributed by atoms with E-state index >= 15 is 0 Å². The standard InChI is InChI=1S/C9H17O10P/c1-16-8(12)9(17-2)3-5(10)7(11)6(19-9)4-18-20(13,14)15/h5-7,10-11H,3-4H2,1-2H3,(H2,13,14,15)/t5-,6-,7+,9+/m1/s1. The van der Waals surface area contributed by atoms with Gasteiger partial charge in [-0.2, -0.15) is 0 Å². The van der Waals surface area contributed by atoms with E-state index < -0.39 is 50.9 Å². The van der Waals surface area contributed by atoms with Crippen LogP contribution in [0.1, 0.15) is 6.42 Å². The molecule has 0 aromatic rings. The number of aliphatic hydroxyl groups is 2. The summed E-state index contributed by atoms with van der Waals surface area (Å²) in [5.74, 6) is -2.93. The molecule has 0 bridgehead atoms. The number of methoxy groups -OCH3 is 2. The number of ether oxygens (including phenoxy) is 3. The van der Waals surface area contributed by atoms with Crippen molar-refractivity contribution in [2.45, 2.75) is 30.5 Å². The van der Waals surface area contributed by atoms with E-state index in [9.17, 15) is 19.6 Å². The Morgan fingerprint density at radius 1 is 1.40 bits per heavy atom. The molecule has 1 rings (SSSR count). The second kappa shape index (κ2) is 6.46. The van der Waals surface area contributed by atoms with Crippen molar-refractivity contribution in [3.05, 3.63) is 0 Å². The van der Waals surface area contributed by atoms with E-state index in [1.165, 1.54) is 0 Å². The minimum absolute atomic E-state index is 0.399. The molecule has 10 nitrogen and oxygen atoms in total. The Bertz CT molecular complexity index is 394. The number of carbonyl (C=O) groups is 1. The van der Waals surface area contributed by atoms with Crippen molar-refractivity contribution in [3.63, 3.8) is 0 Å². The Morgan fingerprint density at radius 3 is 2.45 bits per heavy atom. The minimum Gasteiger partial charge on any atom is -0.465 e. The Morgan fingerprint density at radius 2 is 2.00 bits per heavy atom. The monoisotopic (exact) mass is 316 g/mol. The van der Waals surface area contributed by atoms with Gasteiger partial charge in [0.25, 0.3) is 5.79 Å². The Kier molecular flexibility index (Phi) is 5.64. The third kappa shape index (κ3) is 3.96. The third-order valence-electron chi connectivity index (χ3n) is 2.83. The molecule has 20 heavy (non-hydrogen) atoms. The third-order valence-corrected chi connectivity index (χ3v) is 3.31. The molecule has 0 saturated carbocycles. The predicted molar refractivity (Wildman–Crippen MR) is 61.3 cm³/mol. The highest BCUT2D eigenvalue weighted by Crippen LogP contribution is 2.38. The van der Waals surface area contributed by atoms with Crippen LogP contribution in [0.4, 0.5) is 0 Å². The van der Waals surface area contributed by atoms with Gasteiger partial charge in [0.1, 0.15) is 12.2 Å². The van der Waals surface area contributed by atoms with Crippen molar-refractivity contribution in [1.82, 2.24) is 0 Å². The second-order valence-electron chi connectivity index (χ2n) is 4.15. The lowest BCUT2D eigenvalue weighted by molar-refractivity contribution is -0.307. The summed E-state index contributed by atoms with van der Waals surface area (Å²) in [6, 6.07) is 0. The first-order valence-electron chi connectivity index (χ1n) is 5.53. The molecule has 118 valence electrons. The van der Waals surface area contributed by atoms with Crippen LogP contribution in [-0.2, 0) is 28.1 Å². The molecule has 0 aromatic carbocycles. The molecule has 4 atom stereocenters. The van der Waals surface area contributed by atoms with Gasteiger partial charge in [-0.25, -0.2) is 9.36 Å². The normalized spacial score (nSPS) is 34.8. The second-order valence-corrected chi connectivity index (χ2v) is 5.39. The van der Waals surface area contributed by atoms with Gasteiger partial charge in [-0.3, -0.25) is 4.52 Å². The fourth-order valence-corrected chi connectivity index (χ4v) is 2.15. The van der Waals surface area contributed by atoms with Crippen LogP contribution in [0.2, 0.25) is 0 Å². The van der Waals surface area contributed by atoms with Crippen molar-refractivity contribution < 1.29 is 48.1 Å². The van der Waals surface area contributed by atoms with Gasteiger partial charge in [-0.15, -0.1) is 0 Å². The van der Waals surface area contributed by atoms with Gasteiger partial charge in [0, 0.05) is 13.5 Å². The lowest BCUT2D eigenvalue weighted by Gasteiger charge is -2.42. The van der Waals surface area contributed by atoms with Gasteiger partial charge in [0.05, 0.1) is 19.8 Å². The first kappa shape index (κ1) is 17.5. The minimum atomic E-state index is -4.79. The van der Waals surface area contributed by atoms with Crippen LogP contribution in [0, 0.1) is 0 Å². The molecule has 1 heterocycles. The quantitative estimate of drug-likeness (QED) is 0.335. The van der Waals surface area contributed by atoms with E-state index in [0.717, 1.165) is 14.2 Å². The average molecular weight is 316 g/mol. The summed E-state index contributed by atoms with van der Waals surface area (Å²) in [6.07, 6.45) is -4.71. The number of phosphoric ester groups is 1. The molecule has 11 heteroatoms. The van der Waals surface area contributed by atoms with Gasteiger partial charge < -0.3 is 34.2 Å². The lowest BCUT2D eigenvalue weighted by atomic mass is 9.95. The number of phosphoric acid groups is 1. The summed E-state index contributed by atoms with van der Waals surface area (Å²) < 4.78 is 29.4. The molecular formula is C9H17O10P. The fourth-order valence-electron chi connectivity index (χ4n) is 1.81. The zero-order valence-electron chi connectivity index (χ0n) is 10.8. The predicted octanol–water partition coefficient (Wildman–Crippen LogP) is -1.88. The number of hydrogen-bond donors (Lipinski definition) is 4. The van der Waals surface area contributed by atoms with Gasteiger partial charge in [0.15, 0.2) is 0 Å². The van der Waals surface area contributed by atoms with E-state index in [0.29, 0.717) is 0 Å². The molecule has 1 aliphatic rings. The molecule has 0 spiro atoms. The molecule has 0 aromatic heterocycles. The van der Waals surface area contributed by atoms with Crippen LogP contribution in [0.3, 0.4) is 0 Å². The number of aliphatic hydroxyl groups excluding tert-OH is 2. The first-order valence-corrected chi connectivity index (χ1v) is 7.06. The van der Waals surface area contributed by atoms with E-state index in [1.54, 1.807) is 0 Å². The summed E-state index contributed by atoms with van der Waals surface area (Å²) in [5.41, 5.74) is 0. The molecule has 1 fully saturated rings. The number of hydrogen-bond acceptors (Lipinski definition) is 8. The average Bonchev–Trinajstić information content (AvgIpc) is 2.38. The SMILES string of the molecule is COC(=O)[C@]1(OC)C[C@@H](O)[C@H](O)[C@@H](COP(=O)(O)O)O1. The van der Waals surface area contributed by atoms with Crippen molar-refractivity contribution in [1.29, 1.82) is 0 Å². The summed E-state index contributed by atoms with van der Waals surface area (Å²) in [7, 11) is -2.59. The highest BCUT2D eigenvalue weighted by atomic mass is 31.2. The van der Waals surface area contributed by atoms with Crippen LogP contribution in [0.5, 0.6) is 0 Å².